The molecule has 1 heterocycles. The van der Waals surface area contributed by atoms with E-state index in [1.165, 1.54) is 10.8 Å². The van der Waals surface area contributed by atoms with Crippen molar-refractivity contribution in [2.24, 2.45) is 4.99 Å². The molecule has 3 nitrogen and oxygen atoms in total. The molecule has 0 spiro atoms. The van der Waals surface area contributed by atoms with E-state index in [0.29, 0.717) is 6.61 Å². The number of fused-ring (bicyclic) bond motifs is 1. The average molecular weight is 401 g/mol. The van der Waals surface area contributed by atoms with Gasteiger partial charge in [0.15, 0.2) is 0 Å². The quantitative estimate of drug-likeness (QED) is 0.593. The fourth-order valence-corrected chi connectivity index (χ4v) is 3.47. The van der Waals surface area contributed by atoms with E-state index in [4.69, 9.17) is 16.3 Å². The van der Waals surface area contributed by atoms with Gasteiger partial charge >= 0.3 is 0 Å². The summed E-state index contributed by atoms with van der Waals surface area (Å²) >= 11 is 6.12. The molecular formula is C22H22Cl2N2O. The van der Waals surface area contributed by atoms with Crippen molar-refractivity contribution in [3.8, 4) is 16.9 Å². The van der Waals surface area contributed by atoms with E-state index in [0.717, 1.165) is 52.8 Å². The van der Waals surface area contributed by atoms with Gasteiger partial charge in [0.05, 0.1) is 18.7 Å². The van der Waals surface area contributed by atoms with Gasteiger partial charge in [0.1, 0.15) is 11.6 Å². The van der Waals surface area contributed by atoms with Crippen LogP contribution in [0.2, 0.25) is 5.02 Å². The zero-order valence-electron chi connectivity index (χ0n) is 15.2. The van der Waals surface area contributed by atoms with E-state index in [1.807, 2.05) is 12.1 Å². The molecule has 1 aliphatic rings. The number of amidine groups is 1. The van der Waals surface area contributed by atoms with Crippen LogP contribution in [0.5, 0.6) is 5.75 Å². The fraction of sp³-hybridized carbons (Fsp3) is 0.227. The zero-order valence-corrected chi connectivity index (χ0v) is 16.7. The van der Waals surface area contributed by atoms with Crippen molar-refractivity contribution in [1.82, 2.24) is 5.32 Å². The molecule has 0 amide bonds. The monoisotopic (exact) mass is 400 g/mol. The van der Waals surface area contributed by atoms with Gasteiger partial charge in [-0.3, -0.25) is 4.99 Å². The lowest BCUT2D eigenvalue weighted by molar-refractivity contribution is 0.318. The average Bonchev–Trinajstić information content (AvgIpc) is 3.21. The molecule has 0 aromatic heterocycles. The molecule has 0 unspecified atom stereocenters. The second kappa shape index (κ2) is 8.64. The van der Waals surface area contributed by atoms with Crippen molar-refractivity contribution < 1.29 is 4.74 Å². The lowest BCUT2D eigenvalue weighted by Gasteiger charge is -2.19. The fourth-order valence-electron chi connectivity index (χ4n) is 3.34. The standard InChI is InChI=1S/C22H21ClN2O.ClH/c1-2-13-26-21-19(22-24-11-12-25-22)14-16-5-3-4-6-18(16)20(21)15-7-9-17(23)10-8-15;/h3-10,14H,2,11-13H2,1H3,(H,24,25);1H. The molecular weight excluding hydrogens is 379 g/mol. The molecule has 140 valence electrons. The van der Waals surface area contributed by atoms with Crippen LogP contribution in [0.4, 0.5) is 0 Å². The molecule has 3 aromatic rings. The summed E-state index contributed by atoms with van der Waals surface area (Å²) in [6.07, 6.45) is 0.951. The van der Waals surface area contributed by atoms with Crippen LogP contribution in [0.25, 0.3) is 21.9 Å². The number of halogens is 2. The van der Waals surface area contributed by atoms with Gasteiger partial charge in [-0.05, 0) is 41.0 Å². The van der Waals surface area contributed by atoms with Gasteiger partial charge in [-0.1, -0.05) is 54.9 Å². The molecule has 0 saturated heterocycles. The van der Waals surface area contributed by atoms with Gasteiger partial charge in [0.2, 0.25) is 0 Å². The zero-order chi connectivity index (χ0) is 17.9. The van der Waals surface area contributed by atoms with E-state index < -0.39 is 0 Å². The summed E-state index contributed by atoms with van der Waals surface area (Å²) in [5, 5.41) is 6.46. The Labute approximate surface area is 170 Å². The Bertz CT molecular complexity index is 968. The minimum atomic E-state index is 0. The maximum atomic E-state index is 6.27. The van der Waals surface area contributed by atoms with E-state index in [9.17, 15) is 0 Å². The second-order valence-electron chi connectivity index (χ2n) is 6.36. The minimum absolute atomic E-state index is 0. The number of benzene rings is 3. The molecule has 4 rings (SSSR count). The van der Waals surface area contributed by atoms with Crippen LogP contribution in [0.3, 0.4) is 0 Å². The molecule has 1 aliphatic heterocycles. The highest BCUT2D eigenvalue weighted by atomic mass is 35.5. The molecule has 0 radical (unpaired) electrons. The highest BCUT2D eigenvalue weighted by Gasteiger charge is 2.21. The van der Waals surface area contributed by atoms with E-state index in [-0.39, 0.29) is 12.4 Å². The normalized spacial score (nSPS) is 13.0. The van der Waals surface area contributed by atoms with Crippen molar-refractivity contribution in [1.29, 1.82) is 0 Å². The first kappa shape index (κ1) is 19.5. The molecule has 3 aromatic carbocycles. The first-order valence-electron chi connectivity index (χ1n) is 9.01. The highest BCUT2D eigenvalue weighted by molar-refractivity contribution is 6.30. The van der Waals surface area contributed by atoms with Gasteiger partial charge in [0, 0.05) is 17.1 Å². The summed E-state index contributed by atoms with van der Waals surface area (Å²) in [4.78, 5) is 4.63. The molecule has 1 N–H and O–H groups in total. The number of hydrogen-bond acceptors (Lipinski definition) is 3. The SMILES string of the molecule is CCCOc1c(C2=NCCN2)cc2ccccc2c1-c1ccc(Cl)cc1.Cl. The predicted octanol–water partition coefficient (Wildman–Crippen LogP) is 5.72. The number of ether oxygens (including phenoxy) is 1. The predicted molar refractivity (Wildman–Crippen MR) is 117 cm³/mol. The van der Waals surface area contributed by atoms with Gasteiger partial charge in [-0.15, -0.1) is 12.4 Å². The lowest BCUT2D eigenvalue weighted by atomic mass is 9.93. The van der Waals surface area contributed by atoms with Crippen molar-refractivity contribution >= 4 is 40.6 Å². The van der Waals surface area contributed by atoms with Gasteiger partial charge < -0.3 is 10.1 Å². The number of nitrogens with zero attached hydrogens (tertiary/aromatic N) is 1. The van der Waals surface area contributed by atoms with Crippen molar-refractivity contribution in [3.05, 3.63) is 65.2 Å². The van der Waals surface area contributed by atoms with Crippen LogP contribution in [-0.4, -0.2) is 25.5 Å². The third-order valence-corrected chi connectivity index (χ3v) is 4.77. The Kier molecular flexibility index (Phi) is 6.25. The van der Waals surface area contributed by atoms with Gasteiger partial charge in [-0.25, -0.2) is 0 Å². The first-order chi connectivity index (χ1) is 12.8. The van der Waals surface area contributed by atoms with Gasteiger partial charge in [-0.2, -0.15) is 0 Å². The summed E-state index contributed by atoms with van der Waals surface area (Å²) in [5.74, 6) is 1.80. The summed E-state index contributed by atoms with van der Waals surface area (Å²) in [5.41, 5.74) is 3.22. The van der Waals surface area contributed by atoms with Crippen molar-refractivity contribution in [3.63, 3.8) is 0 Å². The Balaban J connectivity index is 0.00000210. The molecule has 0 atom stereocenters. The summed E-state index contributed by atoms with van der Waals surface area (Å²) in [6, 6.07) is 18.5. The maximum Gasteiger partial charge on any atom is 0.138 e. The summed E-state index contributed by atoms with van der Waals surface area (Å²) in [6.45, 7) is 4.45. The Hall–Kier alpha value is -2.23. The molecule has 0 bridgehead atoms. The Morgan fingerprint density at radius 1 is 1.11 bits per heavy atom. The minimum Gasteiger partial charge on any atom is -0.492 e. The van der Waals surface area contributed by atoms with Crippen LogP contribution in [0.15, 0.2) is 59.6 Å². The highest BCUT2D eigenvalue weighted by Crippen LogP contribution is 2.41. The van der Waals surface area contributed by atoms with Crippen molar-refractivity contribution in [2.75, 3.05) is 19.7 Å². The maximum absolute atomic E-state index is 6.27. The topological polar surface area (TPSA) is 33.6 Å². The van der Waals surface area contributed by atoms with E-state index in [2.05, 4.69) is 59.7 Å². The summed E-state index contributed by atoms with van der Waals surface area (Å²) < 4.78 is 6.27. The number of rotatable bonds is 5. The number of nitrogens with one attached hydrogen (secondary N) is 1. The van der Waals surface area contributed by atoms with Crippen LogP contribution in [0, 0.1) is 0 Å². The van der Waals surface area contributed by atoms with E-state index in [1.54, 1.807) is 0 Å². The lowest BCUT2D eigenvalue weighted by Crippen LogP contribution is -2.20. The molecule has 5 heteroatoms. The first-order valence-corrected chi connectivity index (χ1v) is 9.39. The molecule has 0 aliphatic carbocycles. The van der Waals surface area contributed by atoms with E-state index >= 15 is 0 Å². The van der Waals surface area contributed by atoms with Crippen LogP contribution < -0.4 is 10.1 Å². The second-order valence-corrected chi connectivity index (χ2v) is 6.80. The van der Waals surface area contributed by atoms with Crippen molar-refractivity contribution in [2.45, 2.75) is 13.3 Å². The number of aliphatic imine (C=N–C) groups is 1. The summed E-state index contributed by atoms with van der Waals surface area (Å²) in [7, 11) is 0. The number of hydrogen-bond donors (Lipinski definition) is 1. The molecule has 0 fully saturated rings. The molecule has 27 heavy (non-hydrogen) atoms. The Morgan fingerprint density at radius 2 is 1.89 bits per heavy atom. The van der Waals surface area contributed by atoms with Crippen LogP contribution >= 0.6 is 24.0 Å². The third-order valence-electron chi connectivity index (χ3n) is 4.51. The van der Waals surface area contributed by atoms with Crippen LogP contribution in [0.1, 0.15) is 18.9 Å². The third kappa shape index (κ3) is 3.90. The van der Waals surface area contributed by atoms with Gasteiger partial charge in [0.25, 0.3) is 0 Å². The van der Waals surface area contributed by atoms with Crippen LogP contribution in [-0.2, 0) is 0 Å². The smallest absolute Gasteiger partial charge is 0.138 e. The molecule has 0 saturated carbocycles. The largest absolute Gasteiger partial charge is 0.492 e. The Morgan fingerprint density at radius 3 is 2.59 bits per heavy atom.